The van der Waals surface area contributed by atoms with E-state index in [1.54, 1.807) is 12.9 Å². The van der Waals surface area contributed by atoms with Crippen molar-refractivity contribution in [3.8, 4) is 12.9 Å². The molecule has 0 aliphatic rings. The Hall–Kier alpha value is 0.210. The van der Waals surface area contributed by atoms with E-state index >= 15 is 0 Å². The Bertz CT molecular complexity index is 137. The molecule has 0 fully saturated rings. The zero-order valence-corrected chi connectivity index (χ0v) is 8.31. The maximum atomic E-state index is 7.90. The maximum Gasteiger partial charge on any atom is 0 e. The fraction of sp³-hybridized carbons (Fsp3) is 0. The first kappa shape index (κ1) is 11.1. The van der Waals surface area contributed by atoms with Crippen molar-refractivity contribution in [2.75, 3.05) is 0 Å². The Balaban J connectivity index is 0. The number of hydrogen-bond acceptors (Lipinski definition) is 3. The Morgan fingerprint density at radius 1 is 0.875 bits per heavy atom. The van der Waals surface area contributed by atoms with Crippen LogP contribution in [0, 0.1) is 28.6 Å². The molecule has 0 rings (SSSR count). The standard InChI is InChI=1S/3CN.Au.Na/c3*1-2;;. The van der Waals surface area contributed by atoms with Crippen LogP contribution in [0.2, 0.25) is 0 Å². The molecule has 0 aromatic heterocycles. The smallest absolute Gasteiger partial charge is 0 e. The SMILES string of the molecule is N#[C][Au]([C]#N)[C]#N.[Na]. The molecule has 0 N–H and O–H groups in total. The van der Waals surface area contributed by atoms with Crippen molar-refractivity contribution in [3.63, 3.8) is 0 Å². The number of rotatable bonds is 0. The monoisotopic (exact) mass is 298 g/mol. The molecule has 0 aliphatic heterocycles. The second-order valence-electron chi connectivity index (χ2n) is 0.428. The van der Waals surface area contributed by atoms with Gasteiger partial charge in [0.15, 0.2) is 0 Å². The minimum atomic E-state index is -2.33. The Kier molecular flexibility index (Phi) is 9.97. The van der Waals surface area contributed by atoms with Crippen LogP contribution in [-0.2, 0) is 18.4 Å². The fourth-order valence-corrected chi connectivity index (χ4v) is 0.370. The zero-order valence-electron chi connectivity index (χ0n) is 4.14. The molecule has 0 aromatic rings. The van der Waals surface area contributed by atoms with Crippen LogP contribution in [0.1, 0.15) is 0 Å². The molecule has 5 heteroatoms. The van der Waals surface area contributed by atoms with E-state index in [0.717, 1.165) is 0 Å². The first-order chi connectivity index (χ1) is 3.35. The molecule has 0 heterocycles. The van der Waals surface area contributed by atoms with Gasteiger partial charge in [0.2, 0.25) is 0 Å². The average molecular weight is 298 g/mol. The first-order valence-electron chi connectivity index (χ1n) is 1.12. The molecule has 3 nitrogen and oxygen atoms in total. The van der Waals surface area contributed by atoms with Crippen LogP contribution in [0.25, 0.3) is 0 Å². The molecule has 0 saturated carbocycles. The maximum absolute atomic E-state index is 7.90. The van der Waals surface area contributed by atoms with Crippen LogP contribution < -0.4 is 0 Å². The third kappa shape index (κ3) is 4.37. The van der Waals surface area contributed by atoms with Gasteiger partial charge < -0.3 is 0 Å². The van der Waals surface area contributed by atoms with Gasteiger partial charge in [-0.2, -0.15) is 0 Å². The van der Waals surface area contributed by atoms with Crippen LogP contribution in [-0.4, -0.2) is 29.6 Å². The van der Waals surface area contributed by atoms with Crippen molar-refractivity contribution in [1.29, 1.82) is 15.8 Å². The molecule has 0 amide bonds. The third-order valence-corrected chi connectivity index (χ3v) is 1.66. The van der Waals surface area contributed by atoms with Crippen LogP contribution in [0.15, 0.2) is 0 Å². The van der Waals surface area contributed by atoms with Gasteiger partial charge in [-0.3, -0.25) is 0 Å². The molecule has 0 aliphatic carbocycles. The Morgan fingerprint density at radius 2 is 1.12 bits per heavy atom. The normalized spacial score (nSPS) is 6.38. The van der Waals surface area contributed by atoms with Gasteiger partial charge in [-0.1, -0.05) is 0 Å². The largest absolute Gasteiger partial charge is 0 e. The second-order valence-corrected chi connectivity index (χ2v) is 3.51. The second kappa shape index (κ2) is 7.21. The van der Waals surface area contributed by atoms with Gasteiger partial charge in [0.25, 0.3) is 0 Å². The van der Waals surface area contributed by atoms with Crippen molar-refractivity contribution < 1.29 is 18.4 Å². The Morgan fingerprint density at radius 3 is 1.12 bits per heavy atom. The summed E-state index contributed by atoms with van der Waals surface area (Å²) in [7, 11) is 0. The summed E-state index contributed by atoms with van der Waals surface area (Å²) in [6, 6.07) is 0. The summed E-state index contributed by atoms with van der Waals surface area (Å²) in [5.74, 6) is 0. The van der Waals surface area contributed by atoms with E-state index in [4.69, 9.17) is 15.8 Å². The fourth-order valence-electron chi connectivity index (χ4n) is 0.0452. The number of nitriles is 3. The predicted octanol–water partition coefficient (Wildman–Crippen LogP) is -0.333. The molecule has 8 heavy (non-hydrogen) atoms. The molecule has 0 bridgehead atoms. The van der Waals surface area contributed by atoms with Crippen molar-refractivity contribution in [3.05, 3.63) is 0 Å². The summed E-state index contributed by atoms with van der Waals surface area (Å²) >= 11 is -2.33. The molecule has 0 unspecified atom stereocenters. The van der Waals surface area contributed by atoms with Crippen molar-refractivity contribution in [2.24, 2.45) is 0 Å². The van der Waals surface area contributed by atoms with E-state index in [1.807, 2.05) is 0 Å². The summed E-state index contributed by atoms with van der Waals surface area (Å²) in [4.78, 5) is 0. The van der Waals surface area contributed by atoms with E-state index in [-0.39, 0.29) is 29.6 Å². The van der Waals surface area contributed by atoms with Crippen molar-refractivity contribution >= 4 is 29.6 Å². The van der Waals surface area contributed by atoms with Crippen LogP contribution in [0.4, 0.5) is 0 Å². The van der Waals surface area contributed by atoms with Gasteiger partial charge in [0.05, 0.1) is 0 Å². The van der Waals surface area contributed by atoms with E-state index in [1.165, 1.54) is 0 Å². The van der Waals surface area contributed by atoms with Gasteiger partial charge in [-0.25, -0.2) is 0 Å². The van der Waals surface area contributed by atoms with E-state index in [2.05, 4.69) is 0 Å². The van der Waals surface area contributed by atoms with Crippen LogP contribution in [0.5, 0.6) is 0 Å². The van der Waals surface area contributed by atoms with Gasteiger partial charge >= 0.3 is 47.1 Å². The van der Waals surface area contributed by atoms with Crippen LogP contribution in [0.3, 0.4) is 0 Å². The quantitative estimate of drug-likeness (QED) is 0.575. The van der Waals surface area contributed by atoms with Crippen molar-refractivity contribution in [1.82, 2.24) is 0 Å². The predicted molar refractivity (Wildman–Crippen MR) is 22.6 cm³/mol. The summed E-state index contributed by atoms with van der Waals surface area (Å²) in [5, 5.41) is 23.7. The molecule has 0 atom stereocenters. The van der Waals surface area contributed by atoms with E-state index in [9.17, 15) is 0 Å². The molecule has 39 valence electrons. The summed E-state index contributed by atoms with van der Waals surface area (Å²) in [6.45, 7) is 0. The van der Waals surface area contributed by atoms with Gasteiger partial charge in [-0.05, 0) is 0 Å². The minimum Gasteiger partial charge on any atom is 0 e. The molecular weight excluding hydrogens is 298 g/mol. The Labute approximate surface area is 75.9 Å². The molecule has 0 aromatic carbocycles. The molecule has 0 spiro atoms. The molecule has 1 radical (unpaired) electrons. The van der Waals surface area contributed by atoms with Crippen LogP contribution >= 0.6 is 0 Å². The summed E-state index contributed by atoms with van der Waals surface area (Å²) < 4.78 is 4.88. The van der Waals surface area contributed by atoms with E-state index in [0.29, 0.717) is 0 Å². The van der Waals surface area contributed by atoms with Crippen molar-refractivity contribution in [2.45, 2.75) is 0 Å². The third-order valence-electron chi connectivity index (χ3n) is 0.202. The summed E-state index contributed by atoms with van der Waals surface area (Å²) in [6.07, 6.45) is 0. The first-order valence-corrected chi connectivity index (χ1v) is 4.37. The summed E-state index contributed by atoms with van der Waals surface area (Å²) in [5.41, 5.74) is 0. The average Bonchev–Trinajstić information content (AvgIpc) is 1.72. The zero-order chi connectivity index (χ0) is 5.70. The van der Waals surface area contributed by atoms with E-state index < -0.39 is 18.4 Å². The molecule has 0 saturated heterocycles. The van der Waals surface area contributed by atoms with Gasteiger partial charge in [-0.15, -0.1) is 0 Å². The number of nitrogens with zero attached hydrogens (tertiary/aromatic N) is 3. The topological polar surface area (TPSA) is 71.4 Å². The van der Waals surface area contributed by atoms with Gasteiger partial charge in [0, 0.05) is 29.6 Å². The number of hydrogen-bond donors (Lipinski definition) is 0. The van der Waals surface area contributed by atoms with Gasteiger partial charge in [0.1, 0.15) is 0 Å². The molecular formula is C3AuN3Na. The minimum absolute atomic E-state index is 0.